The highest BCUT2D eigenvalue weighted by Gasteiger charge is 2.20. The zero-order valence-electron chi connectivity index (χ0n) is 13.4. The van der Waals surface area contributed by atoms with Gasteiger partial charge in [0.2, 0.25) is 0 Å². The molecule has 1 unspecified atom stereocenters. The Morgan fingerprint density at radius 3 is 1.50 bits per heavy atom. The Hall–Kier alpha value is 0.400. The van der Waals surface area contributed by atoms with Gasteiger partial charge < -0.3 is 10.2 Å². The van der Waals surface area contributed by atoms with Crippen LogP contribution in [0.2, 0.25) is 0 Å². The summed E-state index contributed by atoms with van der Waals surface area (Å²) in [5.41, 5.74) is 0. The molecule has 0 aromatic rings. The Morgan fingerprint density at radius 2 is 1.10 bits per heavy atom. The highest BCUT2D eigenvalue weighted by Crippen LogP contribution is 2.25. The second-order valence-corrected chi connectivity index (χ2v) is 7.51. The molecule has 0 aliphatic heterocycles. The van der Waals surface area contributed by atoms with Gasteiger partial charge in [0.05, 0.1) is 0 Å². The molecule has 2 nitrogen and oxygen atoms in total. The summed E-state index contributed by atoms with van der Waals surface area (Å²) >= 11 is 3.27. The van der Waals surface area contributed by atoms with E-state index in [0.717, 1.165) is 12.8 Å². The predicted octanol–water partition coefficient (Wildman–Crippen LogP) is 5.54. The highest BCUT2D eigenvalue weighted by molar-refractivity contribution is 9.10. The molecule has 0 spiro atoms. The van der Waals surface area contributed by atoms with E-state index >= 15 is 0 Å². The molecule has 0 bridgehead atoms. The molecule has 0 aliphatic carbocycles. The summed E-state index contributed by atoms with van der Waals surface area (Å²) in [6, 6.07) is 0. The van der Waals surface area contributed by atoms with Crippen molar-refractivity contribution in [1.82, 2.24) is 0 Å². The minimum Gasteiger partial charge on any atom is -0.396 e. The van der Waals surface area contributed by atoms with E-state index in [1.54, 1.807) is 0 Å². The van der Waals surface area contributed by atoms with Gasteiger partial charge in [-0.25, -0.2) is 0 Å². The van der Waals surface area contributed by atoms with Crippen molar-refractivity contribution >= 4 is 15.9 Å². The van der Waals surface area contributed by atoms with Crippen LogP contribution in [-0.4, -0.2) is 21.3 Å². The van der Waals surface area contributed by atoms with Crippen LogP contribution < -0.4 is 0 Å². The van der Waals surface area contributed by atoms with Crippen molar-refractivity contribution in [1.29, 1.82) is 0 Å². The number of halogens is 1. The van der Waals surface area contributed by atoms with E-state index in [0.29, 0.717) is 6.42 Å². The number of hydrogen-bond acceptors (Lipinski definition) is 2. The molecule has 0 amide bonds. The van der Waals surface area contributed by atoms with Gasteiger partial charge in [-0.2, -0.15) is 0 Å². The number of hydrogen-bond donors (Lipinski definition) is 2. The Morgan fingerprint density at radius 1 is 0.700 bits per heavy atom. The van der Waals surface area contributed by atoms with Gasteiger partial charge in [-0.05, 0) is 12.8 Å². The standard InChI is InChI=1S/C17H35BrO2/c1-2-3-4-5-6-7-8-9-10-11-12-13-14-17(18,20)15-16-19/h19-20H,2-16H2,1H3. The maximum atomic E-state index is 9.83. The number of unbranched alkanes of at least 4 members (excludes halogenated alkanes) is 11. The molecule has 1 atom stereocenters. The van der Waals surface area contributed by atoms with Crippen molar-refractivity contribution < 1.29 is 10.2 Å². The fourth-order valence-electron chi connectivity index (χ4n) is 2.53. The zero-order chi connectivity index (χ0) is 15.1. The van der Waals surface area contributed by atoms with Gasteiger partial charge in [0.1, 0.15) is 4.51 Å². The predicted molar refractivity (Wildman–Crippen MR) is 91.3 cm³/mol. The monoisotopic (exact) mass is 350 g/mol. The maximum absolute atomic E-state index is 9.83. The molecule has 0 aromatic carbocycles. The summed E-state index contributed by atoms with van der Waals surface area (Å²) in [6.45, 7) is 2.31. The molecule has 0 saturated carbocycles. The molecule has 0 heterocycles. The van der Waals surface area contributed by atoms with Crippen LogP contribution in [0.3, 0.4) is 0 Å². The maximum Gasteiger partial charge on any atom is 0.121 e. The smallest absolute Gasteiger partial charge is 0.121 e. The summed E-state index contributed by atoms with van der Waals surface area (Å²) in [4.78, 5) is 0. The number of aliphatic hydroxyl groups excluding tert-OH is 1. The Balaban J connectivity index is 3.13. The summed E-state index contributed by atoms with van der Waals surface area (Å²) in [7, 11) is 0. The van der Waals surface area contributed by atoms with Crippen molar-refractivity contribution in [3.8, 4) is 0 Å². The zero-order valence-corrected chi connectivity index (χ0v) is 15.0. The third-order valence-electron chi connectivity index (χ3n) is 3.91. The van der Waals surface area contributed by atoms with E-state index in [1.807, 2.05) is 0 Å². The molecule has 0 aromatic heterocycles. The van der Waals surface area contributed by atoms with E-state index in [-0.39, 0.29) is 6.61 Å². The lowest BCUT2D eigenvalue weighted by Crippen LogP contribution is -2.21. The molecule has 0 rings (SSSR count). The largest absolute Gasteiger partial charge is 0.396 e. The van der Waals surface area contributed by atoms with Gasteiger partial charge in [-0.3, -0.25) is 0 Å². The normalized spacial score (nSPS) is 14.4. The first-order valence-electron chi connectivity index (χ1n) is 8.64. The van der Waals surface area contributed by atoms with Gasteiger partial charge >= 0.3 is 0 Å². The van der Waals surface area contributed by atoms with Crippen molar-refractivity contribution in [2.45, 2.75) is 101 Å². The first kappa shape index (κ1) is 20.4. The lowest BCUT2D eigenvalue weighted by atomic mass is 10.0. The molecule has 0 saturated heterocycles. The SMILES string of the molecule is CCCCCCCCCCCCCCC(O)(Br)CCO. The van der Waals surface area contributed by atoms with Crippen LogP contribution in [0.15, 0.2) is 0 Å². The lowest BCUT2D eigenvalue weighted by molar-refractivity contribution is 0.0971. The lowest BCUT2D eigenvalue weighted by Gasteiger charge is -2.19. The summed E-state index contributed by atoms with van der Waals surface area (Å²) in [5, 5.41) is 18.6. The molecule has 0 fully saturated rings. The quantitative estimate of drug-likeness (QED) is 0.300. The molecule has 122 valence electrons. The minimum atomic E-state index is -0.847. The van der Waals surface area contributed by atoms with Crippen LogP contribution in [0, 0.1) is 0 Å². The van der Waals surface area contributed by atoms with Crippen LogP contribution in [-0.2, 0) is 0 Å². The van der Waals surface area contributed by atoms with E-state index in [2.05, 4.69) is 22.9 Å². The van der Waals surface area contributed by atoms with Crippen molar-refractivity contribution in [2.75, 3.05) is 6.61 Å². The topological polar surface area (TPSA) is 40.5 Å². The van der Waals surface area contributed by atoms with Crippen LogP contribution in [0.5, 0.6) is 0 Å². The molecule has 0 aliphatic rings. The fraction of sp³-hybridized carbons (Fsp3) is 1.00. The minimum absolute atomic E-state index is 0.0417. The molecular weight excluding hydrogens is 316 g/mol. The van der Waals surface area contributed by atoms with E-state index in [4.69, 9.17) is 5.11 Å². The van der Waals surface area contributed by atoms with Crippen molar-refractivity contribution in [3.05, 3.63) is 0 Å². The molecule has 3 heteroatoms. The van der Waals surface area contributed by atoms with Crippen molar-refractivity contribution in [3.63, 3.8) is 0 Å². The Bertz CT molecular complexity index is 195. The van der Waals surface area contributed by atoms with Crippen LogP contribution in [0.1, 0.15) is 96.8 Å². The van der Waals surface area contributed by atoms with Gasteiger partial charge in [-0.1, -0.05) is 93.5 Å². The second kappa shape index (κ2) is 14.3. The highest BCUT2D eigenvalue weighted by atomic mass is 79.9. The molecule has 20 heavy (non-hydrogen) atoms. The second-order valence-electron chi connectivity index (χ2n) is 6.03. The van der Waals surface area contributed by atoms with Crippen LogP contribution in [0.4, 0.5) is 0 Å². The number of rotatable bonds is 15. The third-order valence-corrected chi connectivity index (χ3v) is 4.70. The third kappa shape index (κ3) is 14.8. The molecule has 0 radical (unpaired) electrons. The average Bonchev–Trinajstić information content (AvgIpc) is 2.40. The number of aliphatic hydroxyl groups is 2. The summed E-state index contributed by atoms with van der Waals surface area (Å²) in [6.07, 6.45) is 17.1. The van der Waals surface area contributed by atoms with Crippen molar-refractivity contribution in [2.24, 2.45) is 0 Å². The van der Waals surface area contributed by atoms with Gasteiger partial charge in [-0.15, -0.1) is 0 Å². The average molecular weight is 351 g/mol. The van der Waals surface area contributed by atoms with Crippen LogP contribution in [0.25, 0.3) is 0 Å². The summed E-state index contributed by atoms with van der Waals surface area (Å²) in [5.74, 6) is 0. The summed E-state index contributed by atoms with van der Waals surface area (Å²) < 4.78 is -0.847. The Labute approximate surface area is 134 Å². The molecule has 2 N–H and O–H groups in total. The van der Waals surface area contributed by atoms with Gasteiger partial charge in [0, 0.05) is 13.0 Å². The van der Waals surface area contributed by atoms with E-state index in [1.165, 1.54) is 70.6 Å². The fourth-order valence-corrected chi connectivity index (χ4v) is 2.99. The first-order chi connectivity index (χ1) is 9.62. The van der Waals surface area contributed by atoms with Gasteiger partial charge in [0.15, 0.2) is 0 Å². The van der Waals surface area contributed by atoms with E-state index in [9.17, 15) is 5.11 Å². The van der Waals surface area contributed by atoms with E-state index < -0.39 is 4.51 Å². The number of alkyl halides is 1. The van der Waals surface area contributed by atoms with Gasteiger partial charge in [0.25, 0.3) is 0 Å². The molecular formula is C17H35BrO2. The first-order valence-corrected chi connectivity index (χ1v) is 9.44. The Kier molecular flexibility index (Phi) is 14.6. The van der Waals surface area contributed by atoms with Crippen LogP contribution >= 0.6 is 15.9 Å².